The van der Waals surface area contributed by atoms with Gasteiger partial charge in [-0.3, -0.25) is 18.8 Å². The van der Waals surface area contributed by atoms with E-state index in [2.05, 4.69) is 15.6 Å². The third kappa shape index (κ3) is 5.54. The molecule has 0 saturated carbocycles. The molecule has 0 aliphatic rings. The molecule has 0 radical (unpaired) electrons. The fourth-order valence-corrected chi connectivity index (χ4v) is 3.78. The van der Waals surface area contributed by atoms with Gasteiger partial charge in [0.1, 0.15) is 23.7 Å². The number of aryl methyl sites for hydroxylation is 1. The van der Waals surface area contributed by atoms with Crippen LogP contribution in [0, 0.1) is 6.92 Å². The first-order valence-electron chi connectivity index (χ1n) is 11.4. The number of hydrogen-bond donors (Lipinski definition) is 3. The summed E-state index contributed by atoms with van der Waals surface area (Å²) in [5.74, 6) is -0.896. The van der Waals surface area contributed by atoms with E-state index in [4.69, 9.17) is 9.15 Å². The van der Waals surface area contributed by atoms with Gasteiger partial charge >= 0.3 is 11.9 Å². The molecule has 0 aliphatic carbocycles. The molecular formula is C26H26N4O6. The van der Waals surface area contributed by atoms with Crippen molar-refractivity contribution in [1.29, 1.82) is 0 Å². The van der Waals surface area contributed by atoms with Crippen molar-refractivity contribution in [3.63, 3.8) is 0 Å². The molecular weight excluding hydrogens is 464 g/mol. The predicted octanol–water partition coefficient (Wildman–Crippen LogP) is 3.82. The molecule has 4 aromatic rings. The van der Waals surface area contributed by atoms with Gasteiger partial charge in [0.25, 0.3) is 5.91 Å². The van der Waals surface area contributed by atoms with E-state index in [0.29, 0.717) is 34.0 Å². The lowest BCUT2D eigenvalue weighted by atomic mass is 10.0. The van der Waals surface area contributed by atoms with E-state index in [1.807, 2.05) is 19.1 Å². The van der Waals surface area contributed by atoms with E-state index in [1.54, 1.807) is 53.9 Å². The molecule has 0 aliphatic heterocycles. The number of furan rings is 1. The number of aliphatic carboxylic acids is 1. The lowest BCUT2D eigenvalue weighted by Gasteiger charge is -2.18. The molecule has 3 N–H and O–H groups in total. The summed E-state index contributed by atoms with van der Waals surface area (Å²) in [6, 6.07) is 13.3. The number of esters is 1. The van der Waals surface area contributed by atoms with Crippen LogP contribution in [-0.4, -0.2) is 45.5 Å². The summed E-state index contributed by atoms with van der Waals surface area (Å²) in [4.78, 5) is 41.0. The number of fused-ring (bicyclic) bond motifs is 1. The Hall–Kier alpha value is -4.60. The Kier molecular flexibility index (Phi) is 7.33. The number of carbonyl (C=O) groups is 3. The van der Waals surface area contributed by atoms with Gasteiger partial charge in [0, 0.05) is 11.8 Å². The monoisotopic (exact) mass is 490 g/mol. The summed E-state index contributed by atoms with van der Waals surface area (Å²) in [5.41, 5.74) is 2.93. The first-order chi connectivity index (χ1) is 17.4. The van der Waals surface area contributed by atoms with E-state index in [9.17, 15) is 19.5 Å². The minimum absolute atomic E-state index is 0.0784. The maximum absolute atomic E-state index is 13.1. The van der Waals surface area contributed by atoms with Crippen molar-refractivity contribution in [2.24, 2.45) is 0 Å². The second-order valence-electron chi connectivity index (χ2n) is 8.12. The summed E-state index contributed by atoms with van der Waals surface area (Å²) in [5, 5.41) is 15.2. The Morgan fingerprint density at radius 2 is 1.94 bits per heavy atom. The standard InChI is InChI=1S/C26H26N4O6/c1-3-35-23(33)15-27-25-24(20-5-4-12-36-20)29-21-13-18(10-11-30(21)25)26(34)28-19(14-22(31)32)17-8-6-16(2)7-9-17/h4-13,19,27H,3,14-15H2,1-2H3,(H,28,34)(H,31,32). The summed E-state index contributed by atoms with van der Waals surface area (Å²) < 4.78 is 12.2. The predicted molar refractivity (Wildman–Crippen MR) is 132 cm³/mol. The minimum atomic E-state index is -1.02. The highest BCUT2D eigenvalue weighted by Crippen LogP contribution is 2.29. The number of rotatable bonds is 10. The molecule has 0 saturated heterocycles. The van der Waals surface area contributed by atoms with Crippen molar-refractivity contribution >= 4 is 29.3 Å². The number of carboxylic acid groups (broad SMARTS) is 1. The molecule has 1 atom stereocenters. The number of carboxylic acids is 1. The SMILES string of the molecule is CCOC(=O)CNc1c(-c2ccco2)nc2cc(C(=O)NC(CC(=O)O)c3ccc(C)cc3)ccn12. The Labute approximate surface area is 206 Å². The second kappa shape index (κ2) is 10.8. The highest BCUT2D eigenvalue weighted by molar-refractivity contribution is 5.96. The van der Waals surface area contributed by atoms with Crippen molar-refractivity contribution in [2.75, 3.05) is 18.5 Å². The maximum Gasteiger partial charge on any atom is 0.325 e. The van der Waals surface area contributed by atoms with Crippen molar-refractivity contribution in [3.8, 4) is 11.5 Å². The Bertz CT molecular complexity index is 1380. The average Bonchev–Trinajstić information content (AvgIpc) is 3.50. The first kappa shape index (κ1) is 24.5. The zero-order chi connectivity index (χ0) is 25.7. The molecule has 0 fully saturated rings. The van der Waals surface area contributed by atoms with Crippen molar-refractivity contribution in [3.05, 3.63) is 77.7 Å². The number of ether oxygens (including phenoxy) is 1. The van der Waals surface area contributed by atoms with Crippen LogP contribution < -0.4 is 10.6 Å². The van der Waals surface area contributed by atoms with Gasteiger partial charge in [-0.1, -0.05) is 29.8 Å². The van der Waals surface area contributed by atoms with Crippen LogP contribution in [0.5, 0.6) is 0 Å². The Morgan fingerprint density at radius 1 is 1.17 bits per heavy atom. The summed E-state index contributed by atoms with van der Waals surface area (Å²) in [6.07, 6.45) is 2.90. The fourth-order valence-electron chi connectivity index (χ4n) is 3.78. The van der Waals surface area contributed by atoms with Crippen molar-refractivity contribution in [2.45, 2.75) is 26.3 Å². The molecule has 10 nitrogen and oxygen atoms in total. The van der Waals surface area contributed by atoms with Crippen LogP contribution >= 0.6 is 0 Å². The largest absolute Gasteiger partial charge is 0.481 e. The van der Waals surface area contributed by atoms with Gasteiger partial charge in [-0.05, 0) is 43.7 Å². The van der Waals surface area contributed by atoms with Gasteiger partial charge in [-0.25, -0.2) is 4.98 Å². The molecule has 0 spiro atoms. The Morgan fingerprint density at radius 3 is 2.61 bits per heavy atom. The lowest BCUT2D eigenvalue weighted by Crippen LogP contribution is -2.30. The maximum atomic E-state index is 13.1. The summed E-state index contributed by atoms with van der Waals surface area (Å²) in [7, 11) is 0. The number of aromatic nitrogens is 2. The number of anilines is 1. The van der Waals surface area contributed by atoms with Gasteiger partial charge in [0.2, 0.25) is 0 Å². The highest BCUT2D eigenvalue weighted by atomic mass is 16.5. The van der Waals surface area contributed by atoms with Gasteiger partial charge in [0.05, 0.1) is 25.3 Å². The third-order valence-electron chi connectivity index (χ3n) is 5.51. The van der Waals surface area contributed by atoms with E-state index in [0.717, 1.165) is 5.56 Å². The zero-order valence-corrected chi connectivity index (χ0v) is 19.9. The van der Waals surface area contributed by atoms with Crippen LogP contribution in [0.3, 0.4) is 0 Å². The number of amides is 1. The number of carbonyl (C=O) groups excluding carboxylic acids is 2. The normalized spacial score (nSPS) is 11.7. The van der Waals surface area contributed by atoms with Gasteiger partial charge in [-0.2, -0.15) is 0 Å². The van der Waals surface area contributed by atoms with Gasteiger partial charge < -0.3 is 24.9 Å². The average molecular weight is 491 g/mol. The molecule has 1 aromatic carbocycles. The first-order valence-corrected chi connectivity index (χ1v) is 11.4. The smallest absolute Gasteiger partial charge is 0.325 e. The fraction of sp³-hybridized carbons (Fsp3) is 0.231. The minimum Gasteiger partial charge on any atom is -0.481 e. The summed E-state index contributed by atoms with van der Waals surface area (Å²) >= 11 is 0. The number of nitrogens with zero attached hydrogens (tertiary/aromatic N) is 2. The van der Waals surface area contributed by atoms with Crippen LogP contribution in [0.15, 0.2) is 65.4 Å². The van der Waals surface area contributed by atoms with Crippen LogP contribution in [0.25, 0.3) is 17.1 Å². The molecule has 1 amide bonds. The molecule has 36 heavy (non-hydrogen) atoms. The molecule has 1 unspecified atom stereocenters. The molecule has 10 heteroatoms. The van der Waals surface area contributed by atoms with Gasteiger partial charge in [0.15, 0.2) is 5.76 Å². The molecule has 3 heterocycles. The molecule has 4 rings (SSSR count). The van der Waals surface area contributed by atoms with Crippen LogP contribution in [-0.2, 0) is 14.3 Å². The van der Waals surface area contributed by atoms with E-state index >= 15 is 0 Å². The van der Waals surface area contributed by atoms with E-state index < -0.39 is 23.9 Å². The number of pyridine rings is 1. The quantitative estimate of drug-likeness (QED) is 0.286. The molecule has 0 bridgehead atoms. The molecule has 3 aromatic heterocycles. The van der Waals surface area contributed by atoms with Crippen molar-refractivity contribution < 1.29 is 28.6 Å². The number of benzene rings is 1. The Balaban J connectivity index is 1.63. The van der Waals surface area contributed by atoms with Crippen LogP contribution in [0.4, 0.5) is 5.82 Å². The zero-order valence-electron chi connectivity index (χ0n) is 19.9. The van der Waals surface area contributed by atoms with E-state index in [-0.39, 0.29) is 19.6 Å². The lowest BCUT2D eigenvalue weighted by molar-refractivity contribution is -0.141. The topological polar surface area (TPSA) is 135 Å². The highest BCUT2D eigenvalue weighted by Gasteiger charge is 2.21. The summed E-state index contributed by atoms with van der Waals surface area (Å²) in [6.45, 7) is 3.85. The number of hydrogen-bond acceptors (Lipinski definition) is 7. The molecule has 186 valence electrons. The van der Waals surface area contributed by atoms with Crippen molar-refractivity contribution in [1.82, 2.24) is 14.7 Å². The number of nitrogens with one attached hydrogen (secondary N) is 2. The van der Waals surface area contributed by atoms with Crippen LogP contribution in [0.2, 0.25) is 0 Å². The third-order valence-corrected chi connectivity index (χ3v) is 5.51. The van der Waals surface area contributed by atoms with E-state index in [1.165, 1.54) is 6.26 Å². The van der Waals surface area contributed by atoms with Crippen LogP contribution in [0.1, 0.15) is 40.9 Å². The number of imidazole rings is 1. The second-order valence-corrected chi connectivity index (χ2v) is 8.12. The van der Waals surface area contributed by atoms with Gasteiger partial charge in [-0.15, -0.1) is 0 Å².